The molecule has 1 rings (SSSR count). The molecule has 0 saturated heterocycles. The Kier molecular flexibility index (Phi) is 5.29. The molecule has 1 aromatic rings. The Bertz CT molecular complexity index is 562. The molecule has 1 atom stereocenters. The number of primary amides is 1. The number of hydrogen-bond acceptors (Lipinski definition) is 4. The number of aliphatic hydroxyl groups excluding tert-OH is 1. The van der Waals surface area contributed by atoms with Crippen LogP contribution in [0.3, 0.4) is 0 Å². The third-order valence-corrected chi connectivity index (χ3v) is 4.87. The number of carbonyl (C=O) groups excluding carboxylic acids is 1. The summed E-state index contributed by atoms with van der Waals surface area (Å²) in [6.45, 7) is -0.472. The molecule has 0 heterocycles. The van der Waals surface area contributed by atoms with Gasteiger partial charge in [-0.25, -0.2) is 13.1 Å². The molecular formula is C9H10Br2N2O4S. The molecule has 0 aliphatic carbocycles. The van der Waals surface area contributed by atoms with E-state index in [9.17, 15) is 13.2 Å². The zero-order valence-corrected chi connectivity index (χ0v) is 12.9. The van der Waals surface area contributed by atoms with E-state index in [4.69, 9.17) is 10.8 Å². The third kappa shape index (κ3) is 4.02. The van der Waals surface area contributed by atoms with Crippen LogP contribution in [-0.4, -0.2) is 32.1 Å². The summed E-state index contributed by atoms with van der Waals surface area (Å²) in [5, 5.41) is 9.13. The van der Waals surface area contributed by atoms with E-state index in [0.717, 1.165) is 0 Å². The number of aliphatic hydroxyl groups is 1. The molecule has 100 valence electrons. The summed E-state index contributed by atoms with van der Waals surface area (Å²) in [7, 11) is -3.82. The van der Waals surface area contributed by atoms with Gasteiger partial charge in [0, 0.05) is 15.5 Å². The molecule has 0 aromatic heterocycles. The van der Waals surface area contributed by atoms with Crippen molar-refractivity contribution in [3.63, 3.8) is 0 Å². The van der Waals surface area contributed by atoms with Crippen molar-refractivity contribution in [3.8, 4) is 0 Å². The van der Waals surface area contributed by atoms with E-state index in [-0.39, 0.29) is 4.90 Å². The van der Waals surface area contributed by atoms with Gasteiger partial charge in [0.15, 0.2) is 0 Å². The van der Waals surface area contributed by atoms with Gasteiger partial charge in [-0.3, -0.25) is 4.79 Å². The lowest BCUT2D eigenvalue weighted by Crippen LogP contribution is -2.40. The maximum Gasteiger partial charge on any atom is 0.247 e. The molecule has 1 amide bonds. The molecule has 0 bridgehead atoms. The molecule has 1 aromatic carbocycles. The second-order valence-corrected chi connectivity index (χ2v) is 6.85. The second-order valence-electron chi connectivity index (χ2n) is 3.34. The Morgan fingerprint density at radius 3 is 2.56 bits per heavy atom. The van der Waals surface area contributed by atoms with Crippen LogP contribution in [0, 0.1) is 0 Å². The highest BCUT2D eigenvalue weighted by molar-refractivity contribution is 9.11. The van der Waals surface area contributed by atoms with E-state index in [1.807, 2.05) is 0 Å². The summed E-state index contributed by atoms with van der Waals surface area (Å²) in [5.41, 5.74) is 4.81. The highest BCUT2D eigenvalue weighted by Gasteiger charge is 2.20. The van der Waals surface area contributed by atoms with Gasteiger partial charge in [0.2, 0.25) is 15.9 Å². The van der Waals surface area contributed by atoms with Crippen molar-refractivity contribution >= 4 is 47.8 Å². The molecule has 0 aliphatic heterocycles. The zero-order chi connectivity index (χ0) is 13.9. The minimum absolute atomic E-state index is 0.00219. The molecule has 1 unspecified atom stereocenters. The monoisotopic (exact) mass is 400 g/mol. The fourth-order valence-corrected chi connectivity index (χ4v) is 3.84. The van der Waals surface area contributed by atoms with Gasteiger partial charge < -0.3 is 10.8 Å². The van der Waals surface area contributed by atoms with E-state index >= 15 is 0 Å². The predicted octanol–water partition coefficient (Wildman–Crippen LogP) is 0.336. The van der Waals surface area contributed by atoms with Gasteiger partial charge in [0.1, 0.15) is 6.10 Å². The molecule has 9 heteroatoms. The van der Waals surface area contributed by atoms with Gasteiger partial charge in [-0.2, -0.15) is 0 Å². The summed E-state index contributed by atoms with van der Waals surface area (Å²) in [6.07, 6.45) is -1.56. The summed E-state index contributed by atoms with van der Waals surface area (Å²) in [5.74, 6) is -0.993. The minimum atomic E-state index is -3.82. The Balaban J connectivity index is 2.90. The second kappa shape index (κ2) is 6.11. The molecular weight excluding hydrogens is 392 g/mol. The van der Waals surface area contributed by atoms with Crippen molar-refractivity contribution in [1.82, 2.24) is 4.72 Å². The van der Waals surface area contributed by atoms with Crippen molar-refractivity contribution < 1.29 is 18.3 Å². The van der Waals surface area contributed by atoms with Gasteiger partial charge in [0.05, 0.1) is 4.90 Å². The number of benzene rings is 1. The fourth-order valence-electron chi connectivity index (χ4n) is 1.06. The number of halogens is 2. The van der Waals surface area contributed by atoms with Crippen LogP contribution in [0.4, 0.5) is 0 Å². The smallest absolute Gasteiger partial charge is 0.247 e. The number of sulfonamides is 1. The predicted molar refractivity (Wildman–Crippen MR) is 72.2 cm³/mol. The minimum Gasteiger partial charge on any atom is -0.382 e. The molecule has 0 spiro atoms. The lowest BCUT2D eigenvalue weighted by molar-refractivity contribution is -0.125. The van der Waals surface area contributed by atoms with Crippen LogP contribution in [0.5, 0.6) is 0 Å². The molecule has 0 saturated carbocycles. The van der Waals surface area contributed by atoms with E-state index < -0.39 is 28.6 Å². The van der Waals surface area contributed by atoms with Crippen molar-refractivity contribution in [2.75, 3.05) is 6.54 Å². The van der Waals surface area contributed by atoms with Crippen LogP contribution in [0.15, 0.2) is 32.0 Å². The fraction of sp³-hybridized carbons (Fsp3) is 0.222. The number of nitrogens with one attached hydrogen (secondary N) is 1. The maximum atomic E-state index is 11.9. The van der Waals surface area contributed by atoms with Crippen LogP contribution >= 0.6 is 31.9 Å². The third-order valence-electron chi connectivity index (χ3n) is 1.98. The van der Waals surface area contributed by atoms with E-state index in [2.05, 4.69) is 36.6 Å². The number of amides is 1. The average molecular weight is 402 g/mol. The lowest BCUT2D eigenvalue weighted by Gasteiger charge is -2.10. The normalized spacial score (nSPS) is 13.3. The summed E-state index contributed by atoms with van der Waals surface area (Å²) in [6, 6.07) is 4.51. The molecule has 4 N–H and O–H groups in total. The van der Waals surface area contributed by atoms with Gasteiger partial charge in [0.25, 0.3) is 0 Å². The Morgan fingerprint density at radius 2 is 2.06 bits per heavy atom. The topological polar surface area (TPSA) is 109 Å². The van der Waals surface area contributed by atoms with Crippen LogP contribution < -0.4 is 10.5 Å². The number of carbonyl (C=O) groups is 1. The Labute approximate surface area is 121 Å². The number of rotatable bonds is 5. The maximum absolute atomic E-state index is 11.9. The Morgan fingerprint density at radius 1 is 1.44 bits per heavy atom. The van der Waals surface area contributed by atoms with Crippen molar-refractivity contribution in [3.05, 3.63) is 27.1 Å². The first-order chi connectivity index (χ1) is 8.24. The average Bonchev–Trinajstić information content (AvgIpc) is 2.25. The van der Waals surface area contributed by atoms with Crippen molar-refractivity contribution in [1.29, 1.82) is 0 Å². The SMILES string of the molecule is NC(=O)C(O)CNS(=O)(=O)c1ccc(Br)cc1Br. The lowest BCUT2D eigenvalue weighted by atomic mass is 10.3. The first-order valence-electron chi connectivity index (χ1n) is 4.66. The van der Waals surface area contributed by atoms with Gasteiger partial charge in [-0.05, 0) is 34.1 Å². The highest BCUT2D eigenvalue weighted by Crippen LogP contribution is 2.25. The molecule has 18 heavy (non-hydrogen) atoms. The van der Waals surface area contributed by atoms with E-state index in [0.29, 0.717) is 8.95 Å². The Hall–Kier alpha value is -0.480. The standard InChI is InChI=1S/C9H10Br2N2O4S/c10-5-1-2-8(6(11)3-5)18(16,17)13-4-7(14)9(12)15/h1-3,7,13-14H,4H2,(H2,12,15). The molecule has 0 fully saturated rings. The quantitative estimate of drug-likeness (QED) is 0.660. The van der Waals surface area contributed by atoms with Crippen molar-refractivity contribution in [2.24, 2.45) is 5.73 Å². The molecule has 6 nitrogen and oxygen atoms in total. The summed E-state index contributed by atoms with van der Waals surface area (Å²) < 4.78 is 26.9. The molecule has 0 aliphatic rings. The first-order valence-corrected chi connectivity index (χ1v) is 7.73. The van der Waals surface area contributed by atoms with Crippen LogP contribution in [-0.2, 0) is 14.8 Å². The van der Waals surface area contributed by atoms with E-state index in [1.165, 1.54) is 6.07 Å². The van der Waals surface area contributed by atoms with Crippen LogP contribution in [0.25, 0.3) is 0 Å². The first kappa shape index (κ1) is 15.6. The summed E-state index contributed by atoms with van der Waals surface area (Å²) in [4.78, 5) is 10.6. The van der Waals surface area contributed by atoms with E-state index in [1.54, 1.807) is 12.1 Å². The van der Waals surface area contributed by atoms with Crippen LogP contribution in [0.1, 0.15) is 0 Å². The van der Waals surface area contributed by atoms with Gasteiger partial charge in [-0.15, -0.1) is 0 Å². The van der Waals surface area contributed by atoms with Gasteiger partial charge in [-0.1, -0.05) is 15.9 Å². The van der Waals surface area contributed by atoms with Gasteiger partial charge >= 0.3 is 0 Å². The number of hydrogen-bond donors (Lipinski definition) is 3. The zero-order valence-electron chi connectivity index (χ0n) is 8.93. The molecule has 0 radical (unpaired) electrons. The number of nitrogens with two attached hydrogens (primary N) is 1. The largest absolute Gasteiger partial charge is 0.382 e. The van der Waals surface area contributed by atoms with Crippen LogP contribution in [0.2, 0.25) is 0 Å². The highest BCUT2D eigenvalue weighted by atomic mass is 79.9. The summed E-state index contributed by atoms with van der Waals surface area (Å²) >= 11 is 6.31. The van der Waals surface area contributed by atoms with Crippen molar-refractivity contribution in [2.45, 2.75) is 11.0 Å².